The maximum Gasteiger partial charge on any atom is 0.269 e. The van der Waals surface area contributed by atoms with Crippen molar-refractivity contribution >= 4 is 15.5 Å². The summed E-state index contributed by atoms with van der Waals surface area (Å²) < 4.78 is 24.6. The van der Waals surface area contributed by atoms with Crippen LogP contribution in [0, 0.1) is 16.0 Å². The van der Waals surface area contributed by atoms with Crippen molar-refractivity contribution < 1.29 is 13.3 Å². The molecule has 0 radical (unpaired) electrons. The maximum atomic E-state index is 12.3. The molecule has 1 aromatic carbocycles. The molecule has 20 heavy (non-hydrogen) atoms. The molecular formula is C13H20N2O4S. The summed E-state index contributed by atoms with van der Waals surface area (Å²) in [4.78, 5) is 10.1. The first-order chi connectivity index (χ1) is 9.27. The fourth-order valence-corrected chi connectivity index (χ4v) is 3.58. The van der Waals surface area contributed by atoms with Crippen molar-refractivity contribution in [3.8, 4) is 0 Å². The van der Waals surface area contributed by atoms with Gasteiger partial charge < -0.3 is 5.32 Å². The predicted octanol–water partition coefficient (Wildman–Crippen LogP) is 2.00. The molecule has 0 saturated heterocycles. The Kier molecular flexibility index (Phi) is 5.64. The van der Waals surface area contributed by atoms with Gasteiger partial charge in [0.15, 0.2) is 9.84 Å². The van der Waals surface area contributed by atoms with Gasteiger partial charge in [0.05, 0.1) is 15.6 Å². The van der Waals surface area contributed by atoms with Crippen molar-refractivity contribution in [3.63, 3.8) is 0 Å². The zero-order valence-electron chi connectivity index (χ0n) is 11.9. The van der Waals surface area contributed by atoms with E-state index >= 15 is 0 Å². The van der Waals surface area contributed by atoms with Crippen LogP contribution in [-0.2, 0) is 9.84 Å². The molecule has 1 atom stereocenters. The first-order valence-electron chi connectivity index (χ1n) is 6.48. The highest BCUT2D eigenvalue weighted by Gasteiger charge is 2.23. The van der Waals surface area contributed by atoms with E-state index in [9.17, 15) is 18.5 Å². The molecule has 6 nitrogen and oxygen atoms in total. The molecule has 0 aromatic heterocycles. The van der Waals surface area contributed by atoms with Gasteiger partial charge in [-0.3, -0.25) is 10.1 Å². The first kappa shape index (κ1) is 16.6. The molecule has 0 aliphatic heterocycles. The number of nitrogens with zero attached hydrogens (tertiary/aromatic N) is 1. The average molecular weight is 300 g/mol. The summed E-state index contributed by atoms with van der Waals surface area (Å²) in [6.07, 6.45) is 0. The zero-order chi connectivity index (χ0) is 15.3. The zero-order valence-corrected chi connectivity index (χ0v) is 12.7. The van der Waals surface area contributed by atoms with Gasteiger partial charge in [0.1, 0.15) is 0 Å². The molecule has 0 bridgehead atoms. The minimum Gasteiger partial charge on any atom is -0.313 e. The highest BCUT2D eigenvalue weighted by Crippen LogP contribution is 2.18. The second-order valence-electron chi connectivity index (χ2n) is 4.94. The predicted molar refractivity (Wildman–Crippen MR) is 77.5 cm³/mol. The van der Waals surface area contributed by atoms with Crippen molar-refractivity contribution in [1.82, 2.24) is 5.32 Å². The molecule has 1 N–H and O–H groups in total. The lowest BCUT2D eigenvalue weighted by Crippen LogP contribution is -2.39. The molecule has 1 unspecified atom stereocenters. The van der Waals surface area contributed by atoms with E-state index in [0.29, 0.717) is 6.54 Å². The van der Waals surface area contributed by atoms with Gasteiger partial charge >= 0.3 is 0 Å². The van der Waals surface area contributed by atoms with Gasteiger partial charge in [0.2, 0.25) is 0 Å². The molecule has 0 amide bonds. The van der Waals surface area contributed by atoms with Crippen LogP contribution in [-0.4, -0.2) is 31.7 Å². The molecule has 1 aromatic rings. The second-order valence-corrected chi connectivity index (χ2v) is 6.97. The summed E-state index contributed by atoms with van der Waals surface area (Å²) >= 11 is 0. The highest BCUT2D eigenvalue weighted by molar-refractivity contribution is 7.91. The number of hydrogen-bond donors (Lipinski definition) is 1. The number of benzene rings is 1. The van der Waals surface area contributed by atoms with E-state index in [1.165, 1.54) is 24.3 Å². The van der Waals surface area contributed by atoms with E-state index in [2.05, 4.69) is 5.32 Å². The third kappa shape index (κ3) is 4.28. The summed E-state index contributed by atoms with van der Waals surface area (Å²) in [6.45, 7) is 6.53. The summed E-state index contributed by atoms with van der Waals surface area (Å²) in [5.41, 5.74) is -0.115. The van der Waals surface area contributed by atoms with Crippen LogP contribution in [0.4, 0.5) is 5.69 Å². The SMILES string of the molecule is CCNC(CS(=O)(=O)c1ccc([N+](=O)[O-])cc1)C(C)C. The topological polar surface area (TPSA) is 89.3 Å². The molecule has 112 valence electrons. The van der Waals surface area contributed by atoms with Gasteiger partial charge in [-0.1, -0.05) is 20.8 Å². The monoisotopic (exact) mass is 300 g/mol. The summed E-state index contributed by atoms with van der Waals surface area (Å²) in [6, 6.07) is 4.86. The van der Waals surface area contributed by atoms with Gasteiger partial charge in [0.25, 0.3) is 5.69 Å². The largest absolute Gasteiger partial charge is 0.313 e. The molecule has 1 rings (SSSR count). The molecular weight excluding hydrogens is 280 g/mol. The maximum absolute atomic E-state index is 12.3. The number of non-ortho nitro benzene ring substituents is 1. The van der Waals surface area contributed by atoms with Crippen LogP contribution in [0.3, 0.4) is 0 Å². The Labute approximate surface area is 119 Å². The Hall–Kier alpha value is -1.47. The molecule has 0 heterocycles. The summed E-state index contributed by atoms with van der Waals surface area (Å²) in [7, 11) is -3.45. The van der Waals surface area contributed by atoms with Crippen molar-refractivity contribution in [1.29, 1.82) is 0 Å². The minimum absolute atomic E-state index is 0.0175. The summed E-state index contributed by atoms with van der Waals surface area (Å²) in [5, 5.41) is 13.7. The Bertz CT molecular complexity index is 552. The van der Waals surface area contributed by atoms with E-state index in [1.54, 1.807) is 0 Å². The fraction of sp³-hybridized carbons (Fsp3) is 0.538. The lowest BCUT2D eigenvalue weighted by atomic mass is 10.1. The highest BCUT2D eigenvalue weighted by atomic mass is 32.2. The van der Waals surface area contributed by atoms with Gasteiger partial charge in [0, 0.05) is 18.2 Å². The van der Waals surface area contributed by atoms with Crippen molar-refractivity contribution in [2.45, 2.75) is 31.7 Å². The number of nitrogens with one attached hydrogen (secondary N) is 1. The first-order valence-corrected chi connectivity index (χ1v) is 8.13. The van der Waals surface area contributed by atoms with Crippen molar-refractivity contribution in [3.05, 3.63) is 34.4 Å². The van der Waals surface area contributed by atoms with E-state index < -0.39 is 14.8 Å². The van der Waals surface area contributed by atoms with E-state index in [0.717, 1.165) is 0 Å². The number of sulfone groups is 1. The fourth-order valence-electron chi connectivity index (χ4n) is 1.86. The molecule has 7 heteroatoms. The molecule has 0 fully saturated rings. The number of nitro groups is 1. The summed E-state index contributed by atoms with van der Waals surface area (Å²) in [5.74, 6) is 0.166. The van der Waals surface area contributed by atoms with Gasteiger partial charge in [-0.25, -0.2) is 8.42 Å². The lowest BCUT2D eigenvalue weighted by Gasteiger charge is -2.21. The van der Waals surface area contributed by atoms with Crippen molar-refractivity contribution in [2.24, 2.45) is 5.92 Å². The van der Waals surface area contributed by atoms with E-state index in [4.69, 9.17) is 0 Å². The number of rotatable bonds is 7. The third-order valence-corrected chi connectivity index (χ3v) is 4.87. The molecule has 0 aliphatic carbocycles. The van der Waals surface area contributed by atoms with E-state index in [1.807, 2.05) is 20.8 Å². The van der Waals surface area contributed by atoms with Gasteiger partial charge in [-0.05, 0) is 24.6 Å². The standard InChI is InChI=1S/C13H20N2O4S/c1-4-14-13(10(2)3)9-20(18,19)12-7-5-11(6-8-12)15(16)17/h5-8,10,13-14H,4,9H2,1-3H3. The van der Waals surface area contributed by atoms with Crippen LogP contribution >= 0.6 is 0 Å². The number of hydrogen-bond acceptors (Lipinski definition) is 5. The Balaban J connectivity index is 2.95. The smallest absolute Gasteiger partial charge is 0.269 e. The third-order valence-electron chi connectivity index (χ3n) is 3.08. The average Bonchev–Trinajstić information content (AvgIpc) is 2.38. The minimum atomic E-state index is -3.45. The van der Waals surface area contributed by atoms with Crippen LogP contribution in [0.2, 0.25) is 0 Å². The molecule has 0 saturated carbocycles. The second kappa shape index (κ2) is 6.81. The lowest BCUT2D eigenvalue weighted by molar-refractivity contribution is -0.384. The van der Waals surface area contributed by atoms with Crippen LogP contribution in [0.15, 0.2) is 29.2 Å². The Morgan fingerprint density at radius 2 is 1.80 bits per heavy atom. The molecule has 0 spiro atoms. The van der Waals surface area contributed by atoms with Gasteiger partial charge in [-0.15, -0.1) is 0 Å². The molecule has 0 aliphatic rings. The van der Waals surface area contributed by atoms with Crippen molar-refractivity contribution in [2.75, 3.05) is 12.3 Å². The van der Waals surface area contributed by atoms with Crippen LogP contribution in [0.25, 0.3) is 0 Å². The van der Waals surface area contributed by atoms with Crippen LogP contribution in [0.1, 0.15) is 20.8 Å². The Morgan fingerprint density at radius 3 is 2.20 bits per heavy atom. The van der Waals surface area contributed by atoms with Crippen LogP contribution in [0.5, 0.6) is 0 Å². The quantitative estimate of drug-likeness (QED) is 0.614. The normalized spacial score (nSPS) is 13.4. The van der Waals surface area contributed by atoms with Gasteiger partial charge in [-0.2, -0.15) is 0 Å². The Morgan fingerprint density at radius 1 is 1.25 bits per heavy atom. The van der Waals surface area contributed by atoms with E-state index in [-0.39, 0.29) is 28.3 Å². The number of nitro benzene ring substituents is 1. The van der Waals surface area contributed by atoms with Crippen LogP contribution < -0.4 is 5.32 Å².